The van der Waals surface area contributed by atoms with Crippen molar-refractivity contribution in [3.63, 3.8) is 0 Å². The Balaban J connectivity index is 2.06. The summed E-state index contributed by atoms with van der Waals surface area (Å²) < 4.78 is 4.73. The lowest BCUT2D eigenvalue weighted by Gasteiger charge is -2.22. The predicted octanol–water partition coefficient (Wildman–Crippen LogP) is 3.77. The lowest BCUT2D eigenvalue weighted by molar-refractivity contribution is 0.0600. The molecule has 0 radical (unpaired) electrons. The van der Waals surface area contributed by atoms with E-state index in [4.69, 9.17) is 4.74 Å². The van der Waals surface area contributed by atoms with Gasteiger partial charge in [0.05, 0.1) is 12.7 Å². The number of carbonyl (C=O) groups excluding carboxylic acids is 1. The summed E-state index contributed by atoms with van der Waals surface area (Å²) in [6, 6.07) is 6.18. The average molecular weight is 261 g/mol. The van der Waals surface area contributed by atoms with Crippen LogP contribution in [-0.4, -0.2) is 19.1 Å². The number of anilines is 1. The summed E-state index contributed by atoms with van der Waals surface area (Å²) in [4.78, 5) is 11.5. The maximum atomic E-state index is 11.5. The van der Waals surface area contributed by atoms with E-state index in [1.165, 1.54) is 32.8 Å². The van der Waals surface area contributed by atoms with Gasteiger partial charge in [-0.2, -0.15) is 0 Å². The third-order valence-electron chi connectivity index (χ3n) is 4.14. The molecule has 3 heteroatoms. The molecule has 0 heterocycles. The summed E-state index contributed by atoms with van der Waals surface area (Å²) in [5, 5.41) is 3.58. The predicted molar refractivity (Wildman–Crippen MR) is 77.6 cm³/mol. The Labute approximate surface area is 115 Å². The molecule has 0 bridgehead atoms. The van der Waals surface area contributed by atoms with Crippen LogP contribution in [0.15, 0.2) is 18.2 Å². The van der Waals surface area contributed by atoms with Crippen molar-refractivity contribution in [2.45, 2.75) is 45.6 Å². The van der Waals surface area contributed by atoms with Gasteiger partial charge in [-0.25, -0.2) is 4.79 Å². The van der Waals surface area contributed by atoms with Gasteiger partial charge in [0.2, 0.25) is 0 Å². The van der Waals surface area contributed by atoms with Gasteiger partial charge in [0, 0.05) is 11.7 Å². The number of carbonyl (C=O) groups is 1. The number of rotatable bonds is 4. The number of aryl methyl sites for hydroxylation is 1. The molecule has 1 aliphatic carbocycles. The van der Waals surface area contributed by atoms with Gasteiger partial charge < -0.3 is 10.1 Å². The number of benzene rings is 1. The van der Waals surface area contributed by atoms with Crippen LogP contribution >= 0.6 is 0 Å². The summed E-state index contributed by atoms with van der Waals surface area (Å²) in [5.74, 6) is 0.498. The van der Waals surface area contributed by atoms with E-state index >= 15 is 0 Å². The minimum absolute atomic E-state index is 0.279. The maximum Gasteiger partial charge on any atom is 0.337 e. The molecule has 0 aromatic heterocycles. The second-order valence-electron chi connectivity index (χ2n) is 5.50. The molecule has 0 spiro atoms. The number of methoxy groups -OCH3 is 1. The first-order valence-electron chi connectivity index (χ1n) is 7.07. The van der Waals surface area contributed by atoms with Gasteiger partial charge in [-0.05, 0) is 56.4 Å². The third-order valence-corrected chi connectivity index (χ3v) is 4.14. The van der Waals surface area contributed by atoms with Gasteiger partial charge in [0.25, 0.3) is 0 Å². The molecule has 3 nitrogen and oxygen atoms in total. The lowest BCUT2D eigenvalue weighted by atomic mass is 9.99. The smallest absolute Gasteiger partial charge is 0.337 e. The highest BCUT2D eigenvalue weighted by Crippen LogP contribution is 2.30. The van der Waals surface area contributed by atoms with Crippen LogP contribution < -0.4 is 5.32 Å². The lowest BCUT2D eigenvalue weighted by Crippen LogP contribution is -2.24. The monoisotopic (exact) mass is 261 g/mol. The zero-order valence-corrected chi connectivity index (χ0v) is 12.0. The Hall–Kier alpha value is -1.51. The molecule has 1 aromatic carbocycles. The number of hydrogen-bond donors (Lipinski definition) is 1. The quantitative estimate of drug-likeness (QED) is 0.838. The highest BCUT2D eigenvalue weighted by Gasteiger charge is 2.21. The molecule has 1 aliphatic rings. The van der Waals surface area contributed by atoms with Crippen LogP contribution in [0.1, 0.15) is 48.5 Å². The van der Waals surface area contributed by atoms with Crippen molar-refractivity contribution in [3.05, 3.63) is 29.3 Å². The van der Waals surface area contributed by atoms with E-state index in [-0.39, 0.29) is 5.97 Å². The fourth-order valence-corrected chi connectivity index (χ4v) is 2.89. The van der Waals surface area contributed by atoms with Crippen LogP contribution in [0.4, 0.5) is 5.69 Å². The number of ether oxygens (including phenoxy) is 1. The molecule has 1 unspecified atom stereocenters. The Kier molecular flexibility index (Phi) is 4.46. The first-order chi connectivity index (χ1) is 9.11. The summed E-state index contributed by atoms with van der Waals surface area (Å²) in [5.41, 5.74) is 2.82. The number of esters is 1. The Morgan fingerprint density at radius 1 is 1.37 bits per heavy atom. The van der Waals surface area contributed by atoms with Crippen molar-refractivity contribution >= 4 is 11.7 Å². The molecule has 1 fully saturated rings. The van der Waals surface area contributed by atoms with E-state index in [0.29, 0.717) is 11.6 Å². The molecule has 1 aromatic rings. The van der Waals surface area contributed by atoms with Gasteiger partial charge in [-0.3, -0.25) is 0 Å². The Morgan fingerprint density at radius 3 is 2.63 bits per heavy atom. The van der Waals surface area contributed by atoms with Crippen molar-refractivity contribution in [1.82, 2.24) is 0 Å². The van der Waals surface area contributed by atoms with Gasteiger partial charge in [-0.15, -0.1) is 0 Å². The maximum absolute atomic E-state index is 11.5. The molecule has 0 aliphatic heterocycles. The fourth-order valence-electron chi connectivity index (χ4n) is 2.89. The Morgan fingerprint density at radius 2 is 2.05 bits per heavy atom. The zero-order chi connectivity index (χ0) is 13.8. The first kappa shape index (κ1) is 13.9. The van der Waals surface area contributed by atoms with E-state index in [2.05, 4.69) is 12.2 Å². The van der Waals surface area contributed by atoms with Crippen molar-refractivity contribution in [2.24, 2.45) is 5.92 Å². The normalized spacial score (nSPS) is 17.2. The summed E-state index contributed by atoms with van der Waals surface area (Å²) in [6.45, 7) is 4.28. The van der Waals surface area contributed by atoms with Crippen LogP contribution in [-0.2, 0) is 4.74 Å². The molecular weight excluding hydrogens is 238 g/mol. The number of hydrogen-bond acceptors (Lipinski definition) is 3. The van der Waals surface area contributed by atoms with E-state index in [1.54, 1.807) is 0 Å². The summed E-state index contributed by atoms with van der Waals surface area (Å²) >= 11 is 0. The van der Waals surface area contributed by atoms with Crippen LogP contribution in [0.5, 0.6) is 0 Å². The summed E-state index contributed by atoms with van der Waals surface area (Å²) in [6.07, 6.45) is 5.37. The van der Waals surface area contributed by atoms with E-state index in [1.807, 2.05) is 25.1 Å². The van der Waals surface area contributed by atoms with Crippen LogP contribution in [0.25, 0.3) is 0 Å². The largest absolute Gasteiger partial charge is 0.465 e. The molecule has 104 valence electrons. The van der Waals surface area contributed by atoms with Crippen molar-refractivity contribution < 1.29 is 9.53 Å². The molecule has 0 saturated heterocycles. The Bertz CT molecular complexity index is 450. The van der Waals surface area contributed by atoms with Gasteiger partial charge in [0.1, 0.15) is 0 Å². The first-order valence-corrected chi connectivity index (χ1v) is 7.07. The SMILES string of the molecule is COC(=O)c1ccc(NC(C)C2CCCC2)c(C)c1. The second kappa shape index (κ2) is 6.09. The molecule has 1 atom stereocenters. The molecule has 2 rings (SSSR count). The van der Waals surface area contributed by atoms with Gasteiger partial charge in [0.15, 0.2) is 0 Å². The average Bonchev–Trinajstić information content (AvgIpc) is 2.94. The highest BCUT2D eigenvalue weighted by molar-refractivity contribution is 5.90. The van der Waals surface area contributed by atoms with Crippen LogP contribution in [0, 0.1) is 12.8 Å². The molecule has 1 N–H and O–H groups in total. The summed E-state index contributed by atoms with van der Waals surface area (Å²) in [7, 11) is 1.41. The molecule has 1 saturated carbocycles. The topological polar surface area (TPSA) is 38.3 Å². The van der Waals surface area contributed by atoms with Gasteiger partial charge >= 0.3 is 5.97 Å². The van der Waals surface area contributed by atoms with E-state index in [0.717, 1.165) is 17.2 Å². The molecule has 19 heavy (non-hydrogen) atoms. The third kappa shape index (κ3) is 3.28. The molecular formula is C16H23NO2. The fraction of sp³-hybridized carbons (Fsp3) is 0.562. The van der Waals surface area contributed by atoms with Crippen LogP contribution in [0.2, 0.25) is 0 Å². The number of nitrogens with one attached hydrogen (secondary N) is 1. The highest BCUT2D eigenvalue weighted by atomic mass is 16.5. The van der Waals surface area contributed by atoms with Crippen molar-refractivity contribution in [1.29, 1.82) is 0 Å². The minimum Gasteiger partial charge on any atom is -0.465 e. The minimum atomic E-state index is -0.279. The second-order valence-corrected chi connectivity index (χ2v) is 5.50. The molecule has 0 amide bonds. The van der Waals surface area contributed by atoms with Gasteiger partial charge in [-0.1, -0.05) is 12.8 Å². The van der Waals surface area contributed by atoms with E-state index < -0.39 is 0 Å². The van der Waals surface area contributed by atoms with E-state index in [9.17, 15) is 4.79 Å². The van der Waals surface area contributed by atoms with Crippen molar-refractivity contribution in [3.8, 4) is 0 Å². The van der Waals surface area contributed by atoms with Crippen LogP contribution in [0.3, 0.4) is 0 Å². The zero-order valence-electron chi connectivity index (χ0n) is 12.0. The standard InChI is InChI=1S/C16H23NO2/c1-11-10-14(16(18)19-3)8-9-15(11)17-12(2)13-6-4-5-7-13/h8-10,12-13,17H,4-7H2,1-3H3. The van der Waals surface area contributed by atoms with Crippen molar-refractivity contribution in [2.75, 3.05) is 12.4 Å².